The van der Waals surface area contributed by atoms with Crippen molar-refractivity contribution in [3.05, 3.63) is 42.7 Å². The van der Waals surface area contributed by atoms with Crippen molar-refractivity contribution in [2.75, 3.05) is 26.0 Å². The summed E-state index contributed by atoms with van der Waals surface area (Å²) in [6.07, 6.45) is 5.39. The molecule has 3 rings (SSSR count). The number of ether oxygens (including phenoxy) is 2. The number of carbonyl (C=O) groups is 1. The molecule has 0 N–H and O–H groups in total. The van der Waals surface area contributed by atoms with Crippen molar-refractivity contribution in [3.8, 4) is 11.8 Å². The molecule has 0 bridgehead atoms. The number of carbonyl (C=O) groups excluding carboxylic acids is 1. The van der Waals surface area contributed by atoms with E-state index >= 15 is 0 Å². The first kappa shape index (κ1) is 18.5. The van der Waals surface area contributed by atoms with Gasteiger partial charge in [-0.1, -0.05) is 18.2 Å². The van der Waals surface area contributed by atoms with Crippen LogP contribution in [0.5, 0.6) is 11.8 Å². The Morgan fingerprint density at radius 1 is 1.23 bits per heavy atom. The van der Waals surface area contributed by atoms with Crippen LogP contribution in [-0.4, -0.2) is 52.8 Å². The summed E-state index contributed by atoms with van der Waals surface area (Å²) >= 11 is 1.71. The molecule has 2 aromatic rings. The molecule has 1 aromatic carbocycles. The lowest BCUT2D eigenvalue weighted by Crippen LogP contribution is -2.44. The van der Waals surface area contributed by atoms with Crippen molar-refractivity contribution in [2.45, 2.75) is 30.3 Å². The SMILES string of the molecule is COc1nccnc1OC1CCCN(C(=O)CCSc2ccccc2)C1. The highest BCUT2D eigenvalue weighted by Crippen LogP contribution is 2.24. The lowest BCUT2D eigenvalue weighted by atomic mass is 10.1. The summed E-state index contributed by atoms with van der Waals surface area (Å²) in [4.78, 5) is 23.9. The van der Waals surface area contributed by atoms with E-state index in [4.69, 9.17) is 9.47 Å². The number of likely N-dealkylation sites (tertiary alicyclic amines) is 1. The molecule has 0 spiro atoms. The molecule has 1 aromatic heterocycles. The molecule has 138 valence electrons. The van der Waals surface area contributed by atoms with Gasteiger partial charge in [0.25, 0.3) is 11.8 Å². The average molecular weight is 373 g/mol. The van der Waals surface area contributed by atoms with Crippen LogP contribution in [0.25, 0.3) is 0 Å². The Bertz CT molecular complexity index is 714. The van der Waals surface area contributed by atoms with Crippen LogP contribution >= 0.6 is 11.8 Å². The molecule has 7 heteroatoms. The summed E-state index contributed by atoms with van der Waals surface area (Å²) in [7, 11) is 1.54. The second-order valence-corrected chi connectivity index (χ2v) is 7.17. The van der Waals surface area contributed by atoms with E-state index in [0.717, 1.165) is 25.1 Å². The number of hydrogen-bond donors (Lipinski definition) is 0. The maximum Gasteiger partial charge on any atom is 0.278 e. The Labute approximate surface area is 157 Å². The van der Waals surface area contributed by atoms with Gasteiger partial charge in [0, 0.05) is 36.0 Å². The van der Waals surface area contributed by atoms with Gasteiger partial charge in [-0.05, 0) is 25.0 Å². The fourth-order valence-corrected chi connectivity index (χ4v) is 3.75. The number of rotatable bonds is 7. The second kappa shape index (κ2) is 9.43. The van der Waals surface area contributed by atoms with Crippen LogP contribution in [0.1, 0.15) is 19.3 Å². The van der Waals surface area contributed by atoms with Gasteiger partial charge < -0.3 is 14.4 Å². The largest absolute Gasteiger partial charge is 0.477 e. The summed E-state index contributed by atoms with van der Waals surface area (Å²) in [6.45, 7) is 1.36. The summed E-state index contributed by atoms with van der Waals surface area (Å²) in [5.74, 6) is 1.71. The van der Waals surface area contributed by atoms with E-state index in [1.807, 2.05) is 23.1 Å². The molecule has 1 aliphatic heterocycles. The van der Waals surface area contributed by atoms with E-state index in [1.54, 1.807) is 24.2 Å². The lowest BCUT2D eigenvalue weighted by molar-refractivity contribution is -0.133. The minimum atomic E-state index is -0.0833. The zero-order chi connectivity index (χ0) is 18.2. The molecular weight excluding hydrogens is 350 g/mol. The van der Waals surface area contributed by atoms with Gasteiger partial charge in [-0.25, -0.2) is 9.97 Å². The average Bonchev–Trinajstić information content (AvgIpc) is 2.69. The third-order valence-corrected chi connectivity index (χ3v) is 5.18. The highest BCUT2D eigenvalue weighted by Gasteiger charge is 2.26. The molecule has 1 fully saturated rings. The molecule has 0 saturated carbocycles. The van der Waals surface area contributed by atoms with Crippen molar-refractivity contribution in [1.29, 1.82) is 0 Å². The third kappa shape index (κ3) is 5.11. The standard InChI is InChI=1S/C19H23N3O3S/c1-24-18-19(21-11-10-20-18)25-15-6-5-12-22(14-15)17(23)9-13-26-16-7-3-2-4-8-16/h2-4,7-8,10-11,15H,5-6,9,12-14H2,1H3. The van der Waals surface area contributed by atoms with Crippen molar-refractivity contribution in [1.82, 2.24) is 14.9 Å². The number of aromatic nitrogens is 2. The summed E-state index contributed by atoms with van der Waals surface area (Å²) < 4.78 is 11.1. The molecule has 1 unspecified atom stereocenters. The van der Waals surface area contributed by atoms with E-state index in [1.165, 1.54) is 12.0 Å². The van der Waals surface area contributed by atoms with Gasteiger partial charge >= 0.3 is 0 Å². The van der Waals surface area contributed by atoms with Crippen molar-refractivity contribution < 1.29 is 14.3 Å². The van der Waals surface area contributed by atoms with Crippen LogP contribution in [0.4, 0.5) is 0 Å². The van der Waals surface area contributed by atoms with Gasteiger partial charge in [0.2, 0.25) is 5.91 Å². The Balaban J connectivity index is 1.49. The van der Waals surface area contributed by atoms with Crippen LogP contribution in [-0.2, 0) is 4.79 Å². The second-order valence-electron chi connectivity index (χ2n) is 6.00. The number of methoxy groups -OCH3 is 1. The topological polar surface area (TPSA) is 64.6 Å². The van der Waals surface area contributed by atoms with Crippen LogP contribution in [0, 0.1) is 0 Å². The van der Waals surface area contributed by atoms with Crippen LogP contribution in [0.15, 0.2) is 47.6 Å². The molecule has 6 nitrogen and oxygen atoms in total. The third-order valence-electron chi connectivity index (χ3n) is 4.16. The van der Waals surface area contributed by atoms with Gasteiger partial charge in [-0.3, -0.25) is 4.79 Å². The summed E-state index contributed by atoms with van der Waals surface area (Å²) in [5.41, 5.74) is 0. The molecule has 1 saturated heterocycles. The fraction of sp³-hybridized carbons (Fsp3) is 0.421. The summed E-state index contributed by atoms with van der Waals surface area (Å²) in [5, 5.41) is 0. The summed E-state index contributed by atoms with van der Waals surface area (Å²) in [6, 6.07) is 10.1. The number of amides is 1. The minimum Gasteiger partial charge on any atom is -0.477 e. The van der Waals surface area contributed by atoms with Crippen LogP contribution in [0.2, 0.25) is 0 Å². The predicted octanol–water partition coefficient (Wildman–Crippen LogP) is 3.04. The van der Waals surface area contributed by atoms with Crippen molar-refractivity contribution >= 4 is 17.7 Å². The molecule has 0 aliphatic carbocycles. The molecular formula is C19H23N3O3S. The van der Waals surface area contributed by atoms with Crippen molar-refractivity contribution in [2.24, 2.45) is 0 Å². The monoisotopic (exact) mass is 373 g/mol. The van der Waals surface area contributed by atoms with Gasteiger partial charge in [0.05, 0.1) is 13.7 Å². The zero-order valence-corrected chi connectivity index (χ0v) is 15.7. The van der Waals surface area contributed by atoms with Gasteiger partial charge in [0.1, 0.15) is 6.10 Å². The first-order valence-corrected chi connectivity index (χ1v) is 9.72. The Kier molecular flexibility index (Phi) is 6.71. The van der Waals surface area contributed by atoms with Gasteiger partial charge in [0.15, 0.2) is 0 Å². The zero-order valence-electron chi connectivity index (χ0n) is 14.8. The number of benzene rings is 1. The van der Waals surface area contributed by atoms with Crippen molar-refractivity contribution in [3.63, 3.8) is 0 Å². The lowest BCUT2D eigenvalue weighted by Gasteiger charge is -2.32. The number of nitrogens with zero attached hydrogens (tertiary/aromatic N) is 3. The van der Waals surface area contributed by atoms with Gasteiger partial charge in [-0.2, -0.15) is 0 Å². The highest BCUT2D eigenvalue weighted by atomic mass is 32.2. The first-order valence-electron chi connectivity index (χ1n) is 8.73. The van der Waals surface area contributed by atoms with Crippen LogP contribution < -0.4 is 9.47 Å². The Morgan fingerprint density at radius 2 is 2.00 bits per heavy atom. The number of piperidine rings is 1. The minimum absolute atomic E-state index is 0.0833. The van der Waals surface area contributed by atoms with E-state index in [9.17, 15) is 4.79 Å². The maximum atomic E-state index is 12.5. The Hall–Kier alpha value is -2.28. The fourth-order valence-electron chi connectivity index (χ4n) is 2.88. The first-order chi connectivity index (χ1) is 12.8. The molecule has 1 aliphatic rings. The molecule has 26 heavy (non-hydrogen) atoms. The molecule has 1 amide bonds. The molecule has 1 atom stereocenters. The van der Waals surface area contributed by atoms with E-state index in [0.29, 0.717) is 24.7 Å². The number of thioether (sulfide) groups is 1. The molecule has 0 radical (unpaired) electrons. The Morgan fingerprint density at radius 3 is 2.77 bits per heavy atom. The van der Waals surface area contributed by atoms with Gasteiger partial charge in [-0.15, -0.1) is 11.8 Å². The van der Waals surface area contributed by atoms with E-state index in [2.05, 4.69) is 22.1 Å². The van der Waals surface area contributed by atoms with E-state index in [-0.39, 0.29) is 12.0 Å². The number of hydrogen-bond acceptors (Lipinski definition) is 6. The highest BCUT2D eigenvalue weighted by molar-refractivity contribution is 7.99. The van der Waals surface area contributed by atoms with Crippen LogP contribution in [0.3, 0.4) is 0 Å². The normalized spacial score (nSPS) is 17.0. The maximum absolute atomic E-state index is 12.5. The van der Waals surface area contributed by atoms with E-state index < -0.39 is 0 Å². The molecule has 2 heterocycles. The quantitative estimate of drug-likeness (QED) is 0.695. The smallest absolute Gasteiger partial charge is 0.278 e. The predicted molar refractivity (Wildman–Crippen MR) is 101 cm³/mol.